The van der Waals surface area contributed by atoms with Gasteiger partial charge in [-0.15, -0.1) is 0 Å². The summed E-state index contributed by atoms with van der Waals surface area (Å²) in [6, 6.07) is 2.10. The number of nitrogens with zero attached hydrogens (tertiary/aromatic N) is 3. The predicted molar refractivity (Wildman–Crippen MR) is 82.1 cm³/mol. The Bertz CT molecular complexity index is 471. The Morgan fingerprint density at radius 1 is 1.45 bits per heavy atom. The quantitative estimate of drug-likeness (QED) is 0.923. The summed E-state index contributed by atoms with van der Waals surface area (Å²) < 4.78 is 0. The fraction of sp³-hybridized carbons (Fsp3) is 0.750. The Morgan fingerprint density at radius 2 is 2.15 bits per heavy atom. The summed E-state index contributed by atoms with van der Waals surface area (Å²) in [5.74, 6) is 2.55. The zero-order valence-corrected chi connectivity index (χ0v) is 13.3. The summed E-state index contributed by atoms with van der Waals surface area (Å²) >= 11 is 0. The van der Waals surface area contributed by atoms with Gasteiger partial charge in [-0.1, -0.05) is 20.8 Å². The molecule has 0 aromatic carbocycles. The summed E-state index contributed by atoms with van der Waals surface area (Å²) in [4.78, 5) is 11.4. The molecule has 1 N–H and O–H groups in total. The molecule has 1 aliphatic heterocycles. The van der Waals surface area contributed by atoms with E-state index >= 15 is 0 Å². The minimum Gasteiger partial charge on any atom is -0.390 e. The predicted octanol–water partition coefficient (Wildman–Crippen LogP) is 2.90. The molecule has 1 aromatic heterocycles. The molecule has 0 spiro atoms. The Morgan fingerprint density at radius 3 is 2.75 bits per heavy atom. The minimum atomic E-state index is -0.547. The lowest BCUT2D eigenvalue weighted by Crippen LogP contribution is -2.50. The molecule has 0 radical (unpaired) electrons. The van der Waals surface area contributed by atoms with E-state index in [2.05, 4.69) is 41.7 Å². The van der Waals surface area contributed by atoms with Crippen molar-refractivity contribution in [2.45, 2.75) is 59.0 Å². The van der Waals surface area contributed by atoms with Crippen molar-refractivity contribution in [2.75, 3.05) is 18.0 Å². The third-order valence-corrected chi connectivity index (χ3v) is 4.46. The van der Waals surface area contributed by atoms with E-state index in [0.717, 1.165) is 43.3 Å². The lowest BCUT2D eigenvalue weighted by atomic mass is 9.81. The van der Waals surface area contributed by atoms with Crippen LogP contribution in [0.3, 0.4) is 0 Å². The number of hydrogen-bond acceptors (Lipinski definition) is 4. The van der Waals surface area contributed by atoms with Crippen LogP contribution in [-0.4, -0.2) is 33.8 Å². The van der Waals surface area contributed by atoms with Gasteiger partial charge in [0, 0.05) is 30.8 Å². The molecule has 2 atom stereocenters. The molecule has 1 aromatic rings. The van der Waals surface area contributed by atoms with Gasteiger partial charge in [0.2, 0.25) is 0 Å². The first-order chi connectivity index (χ1) is 9.33. The molecule has 0 saturated carbocycles. The second kappa shape index (κ2) is 5.68. The minimum absolute atomic E-state index is 0.300. The van der Waals surface area contributed by atoms with Gasteiger partial charge < -0.3 is 10.0 Å². The Kier molecular flexibility index (Phi) is 4.33. The summed E-state index contributed by atoms with van der Waals surface area (Å²) in [6.07, 6.45) is 1.79. The molecule has 0 aliphatic carbocycles. The second-order valence-corrected chi connectivity index (χ2v) is 6.51. The van der Waals surface area contributed by atoms with Gasteiger partial charge in [-0.2, -0.15) is 0 Å². The van der Waals surface area contributed by atoms with E-state index < -0.39 is 5.60 Å². The number of aromatic nitrogens is 2. The number of aliphatic hydroxyl groups is 1. The second-order valence-electron chi connectivity index (χ2n) is 6.51. The molecular weight excluding hydrogens is 250 g/mol. The lowest BCUT2D eigenvalue weighted by Gasteiger charge is -2.43. The molecule has 2 rings (SSSR count). The summed E-state index contributed by atoms with van der Waals surface area (Å²) in [5, 5.41) is 10.4. The third kappa shape index (κ3) is 3.11. The first-order valence-corrected chi connectivity index (χ1v) is 7.66. The van der Waals surface area contributed by atoms with Crippen LogP contribution in [0, 0.1) is 12.8 Å². The first-order valence-electron chi connectivity index (χ1n) is 7.66. The monoisotopic (exact) mass is 277 g/mol. The van der Waals surface area contributed by atoms with Crippen molar-refractivity contribution >= 4 is 5.82 Å². The van der Waals surface area contributed by atoms with E-state index in [1.165, 1.54) is 0 Å². The largest absolute Gasteiger partial charge is 0.390 e. The molecule has 0 bridgehead atoms. The Hall–Kier alpha value is -1.16. The van der Waals surface area contributed by atoms with Gasteiger partial charge in [0.15, 0.2) is 0 Å². The summed E-state index contributed by atoms with van der Waals surface area (Å²) in [5.41, 5.74) is 0.548. The highest BCUT2D eigenvalue weighted by atomic mass is 16.3. The van der Waals surface area contributed by atoms with Crippen LogP contribution in [0.25, 0.3) is 0 Å². The van der Waals surface area contributed by atoms with Gasteiger partial charge in [-0.3, -0.25) is 0 Å². The Labute approximate surface area is 122 Å². The maximum atomic E-state index is 10.4. The average Bonchev–Trinajstić information content (AvgIpc) is 2.37. The van der Waals surface area contributed by atoms with Crippen LogP contribution in [0.1, 0.15) is 58.0 Å². The van der Waals surface area contributed by atoms with Gasteiger partial charge in [0.25, 0.3) is 0 Å². The molecule has 20 heavy (non-hydrogen) atoms. The Balaban J connectivity index is 2.24. The molecule has 1 aliphatic rings. The van der Waals surface area contributed by atoms with Crippen molar-refractivity contribution in [3.63, 3.8) is 0 Å². The normalized spacial score (nSPS) is 27.1. The molecular formula is C16H27N3O. The van der Waals surface area contributed by atoms with Gasteiger partial charge in [-0.05, 0) is 32.6 Å². The highest BCUT2D eigenvalue weighted by Gasteiger charge is 2.36. The lowest BCUT2D eigenvalue weighted by molar-refractivity contribution is -0.0183. The maximum absolute atomic E-state index is 10.4. The number of rotatable bonds is 3. The van der Waals surface area contributed by atoms with Gasteiger partial charge in [-0.25, -0.2) is 9.97 Å². The molecule has 112 valence electrons. The average molecular weight is 277 g/mol. The van der Waals surface area contributed by atoms with Crippen molar-refractivity contribution in [3.8, 4) is 0 Å². The van der Waals surface area contributed by atoms with Gasteiger partial charge >= 0.3 is 0 Å². The molecule has 4 nitrogen and oxygen atoms in total. The van der Waals surface area contributed by atoms with Crippen molar-refractivity contribution in [1.82, 2.24) is 9.97 Å². The number of hydrogen-bond donors (Lipinski definition) is 1. The third-order valence-electron chi connectivity index (χ3n) is 4.46. The maximum Gasteiger partial charge on any atom is 0.132 e. The summed E-state index contributed by atoms with van der Waals surface area (Å²) in [6.45, 7) is 12.1. The van der Waals surface area contributed by atoms with Crippen molar-refractivity contribution < 1.29 is 5.11 Å². The van der Waals surface area contributed by atoms with E-state index in [0.29, 0.717) is 11.8 Å². The number of anilines is 1. The highest BCUT2D eigenvalue weighted by Crippen LogP contribution is 2.32. The zero-order valence-electron chi connectivity index (χ0n) is 13.3. The van der Waals surface area contributed by atoms with Crippen molar-refractivity contribution in [3.05, 3.63) is 17.6 Å². The van der Waals surface area contributed by atoms with E-state index in [-0.39, 0.29) is 0 Å². The van der Waals surface area contributed by atoms with Crippen LogP contribution in [0.5, 0.6) is 0 Å². The van der Waals surface area contributed by atoms with E-state index in [9.17, 15) is 5.11 Å². The standard InChI is InChI=1S/C16H27N3O/c1-6-13-10-19(8-7-16(13,5)20)15-9-14(11(2)3)17-12(4)18-15/h9,11,13,20H,6-8,10H2,1-5H3/t13-,16+/m0/s1. The summed E-state index contributed by atoms with van der Waals surface area (Å²) in [7, 11) is 0. The van der Waals surface area contributed by atoms with Crippen LogP contribution in [0.15, 0.2) is 6.07 Å². The van der Waals surface area contributed by atoms with Crippen molar-refractivity contribution in [2.24, 2.45) is 5.92 Å². The van der Waals surface area contributed by atoms with E-state index in [4.69, 9.17) is 0 Å². The van der Waals surface area contributed by atoms with Gasteiger partial charge in [0.05, 0.1) is 5.60 Å². The van der Waals surface area contributed by atoms with Crippen LogP contribution in [-0.2, 0) is 0 Å². The van der Waals surface area contributed by atoms with Crippen LogP contribution in [0.2, 0.25) is 0 Å². The van der Waals surface area contributed by atoms with Crippen LogP contribution < -0.4 is 4.90 Å². The van der Waals surface area contributed by atoms with Crippen molar-refractivity contribution in [1.29, 1.82) is 0 Å². The fourth-order valence-electron chi connectivity index (χ4n) is 2.93. The number of aryl methyl sites for hydroxylation is 1. The zero-order chi connectivity index (χ0) is 14.9. The smallest absolute Gasteiger partial charge is 0.132 e. The fourth-order valence-corrected chi connectivity index (χ4v) is 2.93. The molecule has 1 saturated heterocycles. The highest BCUT2D eigenvalue weighted by molar-refractivity contribution is 5.41. The van der Waals surface area contributed by atoms with Gasteiger partial charge in [0.1, 0.15) is 11.6 Å². The van der Waals surface area contributed by atoms with E-state index in [1.54, 1.807) is 0 Å². The molecule has 0 unspecified atom stereocenters. The number of piperidine rings is 1. The molecule has 0 amide bonds. The van der Waals surface area contributed by atoms with Crippen LogP contribution in [0.4, 0.5) is 5.82 Å². The van der Waals surface area contributed by atoms with E-state index in [1.807, 2.05) is 13.8 Å². The molecule has 1 fully saturated rings. The van der Waals surface area contributed by atoms with Crippen LogP contribution >= 0.6 is 0 Å². The topological polar surface area (TPSA) is 49.2 Å². The molecule has 2 heterocycles. The SMILES string of the molecule is CC[C@H]1CN(c2cc(C(C)C)nc(C)n2)CC[C@@]1(C)O. The molecule has 4 heteroatoms. The first kappa shape index (κ1) is 15.2.